The number of carbonyl (C=O) groups is 1. The molecule has 0 radical (unpaired) electrons. The Morgan fingerprint density at radius 2 is 2.17 bits per heavy atom. The van der Waals surface area contributed by atoms with Crippen LogP contribution in [0.15, 0.2) is 24.4 Å². The number of nitrogens with one attached hydrogen (secondary N) is 1. The lowest BCUT2D eigenvalue weighted by molar-refractivity contribution is 0.0218. The fourth-order valence-corrected chi connectivity index (χ4v) is 3.19. The number of likely N-dealkylation sites (N-methyl/N-ethyl adjacent to an activating group) is 1. The molecule has 0 fully saturated rings. The van der Waals surface area contributed by atoms with Crippen molar-refractivity contribution < 1.29 is 19.4 Å². The second kappa shape index (κ2) is 8.42. The van der Waals surface area contributed by atoms with E-state index in [1.807, 2.05) is 46.1 Å². The summed E-state index contributed by atoms with van der Waals surface area (Å²) in [7, 11) is 3.58. The number of nitrogens with zero attached hydrogens (tertiary/aromatic N) is 3. The van der Waals surface area contributed by atoms with Gasteiger partial charge < -0.3 is 24.8 Å². The van der Waals surface area contributed by atoms with Crippen LogP contribution in [-0.2, 0) is 29.5 Å². The highest BCUT2D eigenvalue weighted by Gasteiger charge is 2.21. The number of aryl methyl sites for hydroxylation is 1. The van der Waals surface area contributed by atoms with E-state index in [-0.39, 0.29) is 6.09 Å². The minimum atomic E-state index is -0.529. The van der Waals surface area contributed by atoms with Gasteiger partial charge in [0.05, 0.1) is 25.1 Å². The van der Waals surface area contributed by atoms with Crippen LogP contribution in [0, 0.1) is 0 Å². The maximum absolute atomic E-state index is 12.0. The molecule has 8 nitrogen and oxygen atoms in total. The zero-order valence-electron chi connectivity index (χ0n) is 17.7. The summed E-state index contributed by atoms with van der Waals surface area (Å²) >= 11 is 0. The summed E-state index contributed by atoms with van der Waals surface area (Å²) in [5.41, 5.74) is 4.53. The molecule has 0 aliphatic carbocycles. The van der Waals surface area contributed by atoms with Crippen LogP contribution in [0.4, 0.5) is 10.5 Å². The Hall–Kier alpha value is -2.58. The van der Waals surface area contributed by atoms with Crippen molar-refractivity contribution in [2.75, 3.05) is 25.5 Å². The molecule has 1 aliphatic rings. The predicted octanol–water partition coefficient (Wildman–Crippen LogP) is 2.76. The number of aromatic nitrogens is 2. The molecule has 0 saturated carbocycles. The van der Waals surface area contributed by atoms with Crippen molar-refractivity contribution in [3.8, 4) is 11.1 Å². The third kappa shape index (κ3) is 5.27. The van der Waals surface area contributed by atoms with Crippen LogP contribution in [0.5, 0.6) is 0 Å². The summed E-state index contributed by atoms with van der Waals surface area (Å²) < 4.78 is 13.0. The number of fused-ring (bicyclic) bond motifs is 1. The lowest BCUT2D eigenvalue weighted by Gasteiger charge is -2.24. The fourth-order valence-electron chi connectivity index (χ4n) is 3.19. The predicted molar refractivity (Wildman–Crippen MR) is 110 cm³/mol. The average Bonchev–Trinajstić information content (AvgIpc) is 3.18. The minimum Gasteiger partial charge on any atom is -0.444 e. The Bertz CT molecular complexity index is 872. The molecule has 1 aliphatic heterocycles. The standard InChI is InChI=1S/C21H30N4O4/c1-21(2,3)29-20(27)24(4)8-9-28-13-18-16(12-22-25(18)5)14-6-7-17-15(10-14)11-19(26)23-17/h6-7,10,12,19,23,26H,8-9,11,13H2,1-5H3. The van der Waals surface area contributed by atoms with Gasteiger partial charge in [-0.1, -0.05) is 6.07 Å². The molecular weight excluding hydrogens is 372 g/mol. The minimum absolute atomic E-state index is 0.365. The SMILES string of the molecule is CN(CCOCc1c(-c2ccc3c(c2)CC(O)N3)cnn1C)C(=O)OC(C)(C)C. The molecule has 3 rings (SSSR count). The largest absolute Gasteiger partial charge is 0.444 e. The normalized spacial score (nSPS) is 15.7. The monoisotopic (exact) mass is 402 g/mol. The van der Waals surface area contributed by atoms with Gasteiger partial charge in [-0.3, -0.25) is 4.68 Å². The summed E-state index contributed by atoms with van der Waals surface area (Å²) in [5, 5.41) is 17.2. The van der Waals surface area contributed by atoms with Crippen LogP contribution in [0.2, 0.25) is 0 Å². The third-order valence-electron chi connectivity index (χ3n) is 4.73. The van der Waals surface area contributed by atoms with E-state index in [1.54, 1.807) is 11.7 Å². The summed E-state index contributed by atoms with van der Waals surface area (Å²) in [6, 6.07) is 6.07. The molecule has 2 N–H and O–H groups in total. The van der Waals surface area contributed by atoms with Gasteiger partial charge in [-0.05, 0) is 44.0 Å². The van der Waals surface area contributed by atoms with Gasteiger partial charge in [0, 0.05) is 38.3 Å². The molecule has 1 atom stereocenters. The first-order valence-electron chi connectivity index (χ1n) is 9.74. The molecule has 1 aromatic heterocycles. The lowest BCUT2D eigenvalue weighted by Crippen LogP contribution is -2.36. The van der Waals surface area contributed by atoms with E-state index in [0.29, 0.717) is 26.2 Å². The number of carbonyl (C=O) groups excluding carboxylic acids is 1. The first-order valence-corrected chi connectivity index (χ1v) is 9.74. The van der Waals surface area contributed by atoms with Crippen LogP contribution in [0.25, 0.3) is 11.1 Å². The van der Waals surface area contributed by atoms with Gasteiger partial charge in [-0.25, -0.2) is 4.79 Å². The van der Waals surface area contributed by atoms with Crippen molar-refractivity contribution in [1.82, 2.24) is 14.7 Å². The van der Waals surface area contributed by atoms with Gasteiger partial charge in [0.15, 0.2) is 0 Å². The summed E-state index contributed by atoms with van der Waals surface area (Å²) in [6.45, 7) is 6.73. The van der Waals surface area contributed by atoms with E-state index in [4.69, 9.17) is 9.47 Å². The number of rotatable bonds is 6. The Morgan fingerprint density at radius 3 is 2.90 bits per heavy atom. The second-order valence-corrected chi connectivity index (χ2v) is 8.32. The number of aliphatic hydroxyl groups is 1. The summed E-state index contributed by atoms with van der Waals surface area (Å²) in [4.78, 5) is 13.5. The molecule has 1 unspecified atom stereocenters. The average molecular weight is 402 g/mol. The highest BCUT2D eigenvalue weighted by atomic mass is 16.6. The Morgan fingerprint density at radius 1 is 1.41 bits per heavy atom. The molecule has 158 valence electrons. The molecule has 0 saturated heterocycles. The second-order valence-electron chi connectivity index (χ2n) is 8.32. The summed E-state index contributed by atoms with van der Waals surface area (Å²) in [5.74, 6) is 0. The zero-order valence-corrected chi connectivity index (χ0v) is 17.7. The van der Waals surface area contributed by atoms with E-state index in [2.05, 4.69) is 16.5 Å². The van der Waals surface area contributed by atoms with E-state index in [1.165, 1.54) is 4.90 Å². The van der Waals surface area contributed by atoms with Crippen molar-refractivity contribution in [2.45, 2.75) is 45.6 Å². The first-order chi connectivity index (χ1) is 13.6. The number of benzene rings is 1. The maximum Gasteiger partial charge on any atom is 0.410 e. The van der Waals surface area contributed by atoms with Crippen LogP contribution < -0.4 is 5.32 Å². The molecular formula is C21H30N4O4. The molecule has 8 heteroatoms. The van der Waals surface area contributed by atoms with Gasteiger partial charge in [0.25, 0.3) is 0 Å². The van der Waals surface area contributed by atoms with E-state index in [9.17, 15) is 9.90 Å². The van der Waals surface area contributed by atoms with Crippen LogP contribution in [0.1, 0.15) is 32.0 Å². The molecule has 0 bridgehead atoms. The Labute approximate surface area is 171 Å². The van der Waals surface area contributed by atoms with E-state index >= 15 is 0 Å². The number of aliphatic hydroxyl groups excluding tert-OH is 1. The van der Waals surface area contributed by atoms with Crippen LogP contribution in [0.3, 0.4) is 0 Å². The first kappa shape index (κ1) is 21.1. The quantitative estimate of drug-likeness (QED) is 0.723. The van der Waals surface area contributed by atoms with Gasteiger partial charge in [0.2, 0.25) is 0 Å². The molecule has 1 aromatic carbocycles. The Kier molecular flexibility index (Phi) is 6.14. The van der Waals surface area contributed by atoms with Crippen LogP contribution >= 0.6 is 0 Å². The lowest BCUT2D eigenvalue weighted by atomic mass is 10.0. The van der Waals surface area contributed by atoms with Crippen molar-refractivity contribution in [3.05, 3.63) is 35.7 Å². The van der Waals surface area contributed by atoms with Crippen molar-refractivity contribution in [2.24, 2.45) is 7.05 Å². The third-order valence-corrected chi connectivity index (χ3v) is 4.73. The molecule has 2 heterocycles. The van der Waals surface area contributed by atoms with Gasteiger partial charge in [0.1, 0.15) is 11.8 Å². The van der Waals surface area contributed by atoms with Crippen LogP contribution in [-0.4, -0.2) is 57.9 Å². The van der Waals surface area contributed by atoms with Gasteiger partial charge in [-0.2, -0.15) is 5.10 Å². The number of amides is 1. The highest BCUT2D eigenvalue weighted by molar-refractivity contribution is 5.71. The van der Waals surface area contributed by atoms with Crippen molar-refractivity contribution in [1.29, 1.82) is 0 Å². The van der Waals surface area contributed by atoms with Crippen molar-refractivity contribution >= 4 is 11.8 Å². The topological polar surface area (TPSA) is 88.9 Å². The molecule has 1 amide bonds. The number of ether oxygens (including phenoxy) is 2. The highest BCUT2D eigenvalue weighted by Crippen LogP contribution is 2.31. The summed E-state index contributed by atoms with van der Waals surface area (Å²) in [6.07, 6.45) is 1.52. The Balaban J connectivity index is 1.59. The van der Waals surface area contributed by atoms with Gasteiger partial charge >= 0.3 is 6.09 Å². The van der Waals surface area contributed by atoms with Crippen molar-refractivity contribution in [3.63, 3.8) is 0 Å². The van der Waals surface area contributed by atoms with Gasteiger partial charge in [-0.15, -0.1) is 0 Å². The van der Waals surface area contributed by atoms with E-state index in [0.717, 1.165) is 28.1 Å². The van der Waals surface area contributed by atoms with E-state index < -0.39 is 11.8 Å². The maximum atomic E-state index is 12.0. The molecule has 29 heavy (non-hydrogen) atoms. The zero-order chi connectivity index (χ0) is 21.2. The number of hydrogen-bond donors (Lipinski definition) is 2. The smallest absolute Gasteiger partial charge is 0.410 e. The fraction of sp³-hybridized carbons (Fsp3) is 0.524. The molecule has 2 aromatic rings. The number of hydrogen-bond acceptors (Lipinski definition) is 6. The number of anilines is 1. The molecule has 0 spiro atoms.